The van der Waals surface area contributed by atoms with Crippen molar-refractivity contribution in [2.75, 3.05) is 0 Å². The number of ether oxygens (including phenoxy) is 1. The van der Waals surface area contributed by atoms with Crippen molar-refractivity contribution < 1.29 is 23.4 Å². The molecule has 0 bridgehead atoms. The fraction of sp³-hybridized carbons (Fsp3) is 0.154. The summed E-state index contributed by atoms with van der Waals surface area (Å²) in [6.45, 7) is 1.76. The number of hydrogen-bond donors (Lipinski definition) is 1. The molecule has 1 aromatic carbocycles. The number of carboxylic acid groups (broad SMARTS) is 1. The number of rotatable bonds is 4. The zero-order valence-corrected chi connectivity index (χ0v) is 9.64. The van der Waals surface area contributed by atoms with E-state index in [1.54, 1.807) is 12.1 Å². The molecule has 0 spiro atoms. The third-order valence-corrected chi connectivity index (χ3v) is 2.41. The molecular weight excluding hydrogens is 239 g/mol. The fourth-order valence-electron chi connectivity index (χ4n) is 1.51. The van der Waals surface area contributed by atoms with E-state index < -0.39 is 11.8 Å². The van der Waals surface area contributed by atoms with Gasteiger partial charge in [0.25, 0.3) is 0 Å². The third-order valence-electron chi connectivity index (χ3n) is 2.41. The summed E-state index contributed by atoms with van der Waals surface area (Å²) in [7, 11) is 0. The van der Waals surface area contributed by atoms with E-state index in [0.29, 0.717) is 5.56 Å². The maximum absolute atomic E-state index is 13.4. The molecule has 2 aromatic rings. The highest BCUT2D eigenvalue weighted by molar-refractivity contribution is 5.86. The SMILES string of the molecule is Cc1ccc(F)c(OCc2ccoc2C(=O)O)c1. The molecule has 1 aromatic heterocycles. The van der Waals surface area contributed by atoms with Crippen LogP contribution in [0.3, 0.4) is 0 Å². The quantitative estimate of drug-likeness (QED) is 0.906. The summed E-state index contributed by atoms with van der Waals surface area (Å²) in [6.07, 6.45) is 1.26. The van der Waals surface area contributed by atoms with E-state index in [1.165, 1.54) is 18.4 Å². The standard InChI is InChI=1S/C13H11FO4/c1-8-2-3-10(14)11(6-8)18-7-9-4-5-17-12(9)13(15)16/h2-6H,7H2,1H3,(H,15,16). The lowest BCUT2D eigenvalue weighted by molar-refractivity contribution is 0.0658. The molecule has 0 aliphatic rings. The van der Waals surface area contributed by atoms with Gasteiger partial charge in [-0.2, -0.15) is 0 Å². The molecule has 0 aliphatic heterocycles. The number of aryl methyl sites for hydroxylation is 1. The first kappa shape index (κ1) is 12.2. The summed E-state index contributed by atoms with van der Waals surface area (Å²) < 4.78 is 23.4. The third kappa shape index (κ3) is 2.51. The van der Waals surface area contributed by atoms with Crippen LogP contribution in [-0.4, -0.2) is 11.1 Å². The minimum Gasteiger partial charge on any atom is -0.486 e. The van der Waals surface area contributed by atoms with Crippen LogP contribution in [0.25, 0.3) is 0 Å². The Kier molecular flexibility index (Phi) is 3.32. The van der Waals surface area contributed by atoms with Crippen molar-refractivity contribution in [1.82, 2.24) is 0 Å². The monoisotopic (exact) mass is 250 g/mol. The Bertz CT molecular complexity index is 574. The van der Waals surface area contributed by atoms with Crippen LogP contribution in [0, 0.1) is 12.7 Å². The smallest absolute Gasteiger partial charge is 0.372 e. The summed E-state index contributed by atoms with van der Waals surface area (Å²) in [5.41, 5.74) is 1.22. The molecule has 0 fully saturated rings. The van der Waals surface area contributed by atoms with Gasteiger partial charge in [0.15, 0.2) is 11.6 Å². The van der Waals surface area contributed by atoms with E-state index in [0.717, 1.165) is 5.56 Å². The lowest BCUT2D eigenvalue weighted by Gasteiger charge is -2.07. The summed E-state index contributed by atoms with van der Waals surface area (Å²) in [4.78, 5) is 10.8. The van der Waals surface area contributed by atoms with Crippen LogP contribution in [0.15, 0.2) is 34.9 Å². The molecule has 4 nitrogen and oxygen atoms in total. The minimum absolute atomic E-state index is 0.0570. The molecule has 0 saturated carbocycles. The lowest BCUT2D eigenvalue weighted by atomic mass is 10.2. The Morgan fingerprint density at radius 1 is 1.44 bits per heavy atom. The predicted octanol–water partition coefficient (Wildman–Crippen LogP) is 3.00. The van der Waals surface area contributed by atoms with Gasteiger partial charge in [0, 0.05) is 5.56 Å². The molecule has 2 rings (SSSR count). The van der Waals surface area contributed by atoms with Crippen LogP contribution in [-0.2, 0) is 6.61 Å². The van der Waals surface area contributed by atoms with Gasteiger partial charge in [-0.25, -0.2) is 9.18 Å². The average Bonchev–Trinajstić information content (AvgIpc) is 2.79. The largest absolute Gasteiger partial charge is 0.486 e. The predicted molar refractivity (Wildman–Crippen MR) is 61.1 cm³/mol. The fourth-order valence-corrected chi connectivity index (χ4v) is 1.51. The van der Waals surface area contributed by atoms with Gasteiger partial charge >= 0.3 is 5.97 Å². The first-order valence-corrected chi connectivity index (χ1v) is 5.26. The molecule has 0 radical (unpaired) electrons. The van der Waals surface area contributed by atoms with E-state index in [9.17, 15) is 9.18 Å². The number of carbonyl (C=O) groups is 1. The Labute approximate surface area is 103 Å². The molecule has 5 heteroatoms. The van der Waals surface area contributed by atoms with E-state index in [1.807, 2.05) is 6.92 Å². The van der Waals surface area contributed by atoms with Crippen molar-refractivity contribution in [1.29, 1.82) is 0 Å². The number of furan rings is 1. The van der Waals surface area contributed by atoms with Crippen LogP contribution in [0.5, 0.6) is 5.75 Å². The molecular formula is C13H11FO4. The molecule has 0 unspecified atom stereocenters. The summed E-state index contributed by atoms with van der Waals surface area (Å²) >= 11 is 0. The molecule has 1 heterocycles. The van der Waals surface area contributed by atoms with Gasteiger partial charge in [-0.05, 0) is 30.7 Å². The molecule has 0 amide bonds. The maximum Gasteiger partial charge on any atom is 0.372 e. The molecule has 0 atom stereocenters. The molecule has 0 saturated heterocycles. The van der Waals surface area contributed by atoms with Gasteiger partial charge in [-0.1, -0.05) is 6.07 Å². The number of aromatic carboxylic acids is 1. The van der Waals surface area contributed by atoms with Crippen molar-refractivity contribution in [2.24, 2.45) is 0 Å². The molecule has 1 N–H and O–H groups in total. The Hall–Kier alpha value is -2.30. The lowest BCUT2D eigenvalue weighted by Crippen LogP contribution is -2.03. The number of halogens is 1. The first-order chi connectivity index (χ1) is 8.58. The Morgan fingerprint density at radius 2 is 2.22 bits per heavy atom. The van der Waals surface area contributed by atoms with Crippen molar-refractivity contribution in [3.63, 3.8) is 0 Å². The van der Waals surface area contributed by atoms with Gasteiger partial charge in [-0.15, -0.1) is 0 Å². The van der Waals surface area contributed by atoms with E-state index in [-0.39, 0.29) is 18.1 Å². The number of benzene rings is 1. The molecule has 0 aliphatic carbocycles. The summed E-state index contributed by atoms with van der Waals surface area (Å²) in [6, 6.07) is 5.97. The van der Waals surface area contributed by atoms with Crippen molar-refractivity contribution in [3.8, 4) is 5.75 Å². The highest BCUT2D eigenvalue weighted by atomic mass is 19.1. The second kappa shape index (κ2) is 4.91. The highest BCUT2D eigenvalue weighted by Crippen LogP contribution is 2.21. The number of carboxylic acids is 1. The number of hydrogen-bond acceptors (Lipinski definition) is 3. The van der Waals surface area contributed by atoms with Crippen molar-refractivity contribution in [2.45, 2.75) is 13.5 Å². The van der Waals surface area contributed by atoms with E-state index in [4.69, 9.17) is 14.3 Å². The Morgan fingerprint density at radius 3 is 2.94 bits per heavy atom. The second-order valence-corrected chi connectivity index (χ2v) is 3.80. The van der Waals surface area contributed by atoms with Crippen molar-refractivity contribution >= 4 is 5.97 Å². The van der Waals surface area contributed by atoms with Crippen LogP contribution >= 0.6 is 0 Å². The van der Waals surface area contributed by atoms with Gasteiger partial charge < -0.3 is 14.3 Å². The zero-order chi connectivity index (χ0) is 13.1. The minimum atomic E-state index is -1.18. The second-order valence-electron chi connectivity index (χ2n) is 3.80. The van der Waals surface area contributed by atoms with E-state index in [2.05, 4.69) is 0 Å². The normalized spacial score (nSPS) is 10.3. The van der Waals surface area contributed by atoms with Gasteiger partial charge in [0.2, 0.25) is 5.76 Å². The first-order valence-electron chi connectivity index (χ1n) is 5.26. The average molecular weight is 250 g/mol. The summed E-state index contributed by atoms with van der Waals surface area (Å²) in [5, 5.41) is 8.83. The van der Waals surface area contributed by atoms with Gasteiger partial charge in [0.05, 0.1) is 6.26 Å². The zero-order valence-electron chi connectivity index (χ0n) is 9.64. The topological polar surface area (TPSA) is 59.7 Å². The molecule has 18 heavy (non-hydrogen) atoms. The van der Waals surface area contributed by atoms with Gasteiger partial charge in [-0.3, -0.25) is 0 Å². The maximum atomic E-state index is 13.4. The van der Waals surface area contributed by atoms with Gasteiger partial charge in [0.1, 0.15) is 6.61 Å². The van der Waals surface area contributed by atoms with Crippen LogP contribution < -0.4 is 4.74 Å². The Balaban J connectivity index is 2.14. The van der Waals surface area contributed by atoms with E-state index >= 15 is 0 Å². The van der Waals surface area contributed by atoms with Crippen LogP contribution in [0.4, 0.5) is 4.39 Å². The molecule has 94 valence electrons. The van der Waals surface area contributed by atoms with Crippen LogP contribution in [0.1, 0.15) is 21.7 Å². The summed E-state index contributed by atoms with van der Waals surface area (Å²) in [5.74, 6) is -1.76. The van der Waals surface area contributed by atoms with Crippen LogP contribution in [0.2, 0.25) is 0 Å². The highest BCUT2D eigenvalue weighted by Gasteiger charge is 2.14. The van der Waals surface area contributed by atoms with Crippen molar-refractivity contribution in [3.05, 3.63) is 53.2 Å².